The third-order valence-electron chi connectivity index (χ3n) is 5.57. The maximum Gasteiger partial charge on any atom is 0.210 e. The normalized spacial score (nSPS) is 11.4. The molecule has 3 rings (SSSR count). The van der Waals surface area contributed by atoms with E-state index in [2.05, 4.69) is 110 Å². The van der Waals surface area contributed by atoms with Crippen molar-refractivity contribution in [2.24, 2.45) is 0 Å². The van der Waals surface area contributed by atoms with Gasteiger partial charge in [0, 0.05) is 12.8 Å². The van der Waals surface area contributed by atoms with Crippen molar-refractivity contribution in [3.8, 4) is 0 Å². The number of halogens is 1. The lowest BCUT2D eigenvalue weighted by Crippen LogP contribution is -3.00. The second-order valence-corrected chi connectivity index (χ2v) is 10.4. The molecule has 0 saturated heterocycles. The van der Waals surface area contributed by atoms with Crippen molar-refractivity contribution in [2.45, 2.75) is 32.0 Å². The molecule has 0 aliphatic rings. The van der Waals surface area contributed by atoms with Gasteiger partial charge < -0.3 is 22.3 Å². The Hall–Kier alpha value is -1.96. The van der Waals surface area contributed by atoms with E-state index in [0.29, 0.717) is 0 Å². The van der Waals surface area contributed by atoms with Crippen LogP contribution >= 0.6 is 7.26 Å². The van der Waals surface area contributed by atoms with Crippen LogP contribution in [-0.4, -0.2) is 11.7 Å². The highest BCUT2D eigenvalue weighted by Gasteiger charge is 2.61. The summed E-state index contributed by atoms with van der Waals surface area (Å²) in [6.07, 6.45) is 2.60. The predicted octanol–water partition coefficient (Wildman–Crippen LogP) is 1.25. The lowest BCUT2D eigenvalue weighted by Gasteiger charge is -2.43. The van der Waals surface area contributed by atoms with Crippen molar-refractivity contribution in [1.82, 2.24) is 5.32 Å². The van der Waals surface area contributed by atoms with Gasteiger partial charge in [-0.1, -0.05) is 68.4 Å². The molecule has 0 bridgehead atoms. The van der Waals surface area contributed by atoms with Crippen LogP contribution in [-0.2, 0) is 4.79 Å². The summed E-state index contributed by atoms with van der Waals surface area (Å²) >= 11 is 0. The summed E-state index contributed by atoms with van der Waals surface area (Å²) < 4.78 is 0. The summed E-state index contributed by atoms with van der Waals surface area (Å²) in [7, 11) is -2.15. The first-order chi connectivity index (χ1) is 13.2. The van der Waals surface area contributed by atoms with Crippen LogP contribution in [0.25, 0.3) is 0 Å². The van der Waals surface area contributed by atoms with Crippen molar-refractivity contribution in [2.75, 3.05) is 0 Å². The molecule has 28 heavy (non-hydrogen) atoms. The zero-order valence-corrected chi connectivity index (χ0v) is 18.9. The number of carbonyl (C=O) groups excluding carboxylic acids is 1. The fraction of sp³-hybridized carbons (Fsp3) is 0.208. The van der Waals surface area contributed by atoms with Crippen LogP contribution in [0.5, 0.6) is 0 Å². The average molecular weight is 456 g/mol. The lowest BCUT2D eigenvalue weighted by atomic mass is 10.1. The van der Waals surface area contributed by atoms with Crippen LogP contribution in [0, 0.1) is 0 Å². The lowest BCUT2D eigenvalue weighted by molar-refractivity contribution is -0.110. The van der Waals surface area contributed by atoms with Gasteiger partial charge >= 0.3 is 0 Å². The minimum Gasteiger partial charge on any atom is -1.00 e. The van der Waals surface area contributed by atoms with Crippen molar-refractivity contribution >= 4 is 29.6 Å². The SMILES string of the molecule is CCC(CC)(NC=O)[P+](c1ccccc1)(c1ccccc1)c1ccccc1.[Br-]. The fourth-order valence-corrected chi connectivity index (χ4v) is 9.71. The predicted molar refractivity (Wildman–Crippen MR) is 118 cm³/mol. The van der Waals surface area contributed by atoms with Gasteiger partial charge in [-0.05, 0) is 36.4 Å². The Labute approximate surface area is 179 Å². The smallest absolute Gasteiger partial charge is 0.210 e. The molecule has 1 amide bonds. The monoisotopic (exact) mass is 455 g/mol. The minimum absolute atomic E-state index is 0. The van der Waals surface area contributed by atoms with E-state index < -0.39 is 7.26 Å². The quantitative estimate of drug-likeness (QED) is 0.401. The highest BCUT2D eigenvalue weighted by molar-refractivity contribution is 7.96. The van der Waals surface area contributed by atoms with Crippen LogP contribution in [0.2, 0.25) is 0 Å². The summed E-state index contributed by atoms with van der Waals surface area (Å²) in [4.78, 5) is 11.8. The van der Waals surface area contributed by atoms with Crippen molar-refractivity contribution in [3.63, 3.8) is 0 Å². The summed E-state index contributed by atoms with van der Waals surface area (Å²) in [5.41, 5.74) is 0. The molecule has 0 saturated carbocycles. The van der Waals surface area contributed by atoms with Gasteiger partial charge in [0.2, 0.25) is 6.41 Å². The standard InChI is InChI=1S/C24H26NOP.BrH/c1-3-24(4-2,25-20-26)27(21-14-8-5-9-15-21,22-16-10-6-11-17-22)23-18-12-7-13-19-23;/h5-20H,3-4H2,1-2H3;1H. The fourth-order valence-electron chi connectivity index (χ4n) is 4.28. The number of hydrogen-bond donors (Lipinski definition) is 1. The van der Waals surface area contributed by atoms with Gasteiger partial charge in [0.1, 0.15) is 23.2 Å². The van der Waals surface area contributed by atoms with Gasteiger partial charge in [-0.3, -0.25) is 4.79 Å². The second kappa shape index (κ2) is 10.0. The Bertz CT molecular complexity index is 755. The Balaban J connectivity index is 0.00000280. The molecular formula is C24H27BrNOP. The summed E-state index contributed by atoms with van der Waals surface area (Å²) in [6, 6.07) is 32.1. The molecule has 146 valence electrons. The van der Waals surface area contributed by atoms with Crippen LogP contribution in [0.4, 0.5) is 0 Å². The van der Waals surface area contributed by atoms with Crippen molar-refractivity contribution < 1.29 is 21.8 Å². The van der Waals surface area contributed by atoms with Gasteiger partial charge in [-0.2, -0.15) is 0 Å². The summed E-state index contributed by atoms with van der Waals surface area (Å²) in [5, 5.41) is 6.83. The van der Waals surface area contributed by atoms with E-state index in [4.69, 9.17) is 0 Å². The molecule has 0 aromatic heterocycles. The van der Waals surface area contributed by atoms with E-state index in [9.17, 15) is 4.79 Å². The first-order valence-electron chi connectivity index (χ1n) is 9.52. The Morgan fingerprint density at radius 2 is 1.04 bits per heavy atom. The number of hydrogen-bond acceptors (Lipinski definition) is 1. The van der Waals surface area contributed by atoms with Crippen LogP contribution in [0.1, 0.15) is 26.7 Å². The number of amides is 1. The summed E-state index contributed by atoms with van der Waals surface area (Å²) in [6.45, 7) is 4.37. The average Bonchev–Trinajstić information content (AvgIpc) is 2.76. The minimum atomic E-state index is -2.15. The molecule has 2 nitrogen and oxygen atoms in total. The highest BCUT2D eigenvalue weighted by Crippen LogP contribution is 2.66. The molecule has 0 fully saturated rings. The zero-order chi connectivity index (χ0) is 19.2. The first-order valence-corrected chi connectivity index (χ1v) is 11.3. The molecule has 0 radical (unpaired) electrons. The summed E-state index contributed by atoms with van der Waals surface area (Å²) in [5.74, 6) is 0. The third kappa shape index (κ3) is 3.66. The zero-order valence-electron chi connectivity index (χ0n) is 16.4. The second-order valence-electron chi connectivity index (χ2n) is 6.68. The maximum atomic E-state index is 11.8. The van der Waals surface area contributed by atoms with E-state index in [1.807, 2.05) is 0 Å². The molecule has 0 unspecified atom stereocenters. The number of benzene rings is 3. The molecule has 3 aromatic rings. The Kier molecular flexibility index (Phi) is 7.98. The third-order valence-corrected chi connectivity index (χ3v) is 10.8. The molecule has 0 atom stereocenters. The molecular weight excluding hydrogens is 429 g/mol. The highest BCUT2D eigenvalue weighted by atomic mass is 79.9. The molecule has 4 heteroatoms. The number of rotatable bonds is 8. The van der Waals surface area contributed by atoms with E-state index in [-0.39, 0.29) is 22.3 Å². The van der Waals surface area contributed by atoms with E-state index in [1.165, 1.54) is 15.9 Å². The van der Waals surface area contributed by atoms with Crippen LogP contribution in [0.3, 0.4) is 0 Å². The number of carbonyl (C=O) groups is 1. The topological polar surface area (TPSA) is 29.1 Å². The molecule has 3 aromatic carbocycles. The van der Waals surface area contributed by atoms with E-state index in [1.54, 1.807) is 0 Å². The van der Waals surface area contributed by atoms with Gasteiger partial charge in [-0.25, -0.2) is 0 Å². The molecule has 0 aliphatic heterocycles. The van der Waals surface area contributed by atoms with Gasteiger partial charge in [0.15, 0.2) is 5.28 Å². The van der Waals surface area contributed by atoms with Gasteiger partial charge in [0.05, 0.1) is 0 Å². The molecule has 1 N–H and O–H groups in total. The van der Waals surface area contributed by atoms with Crippen molar-refractivity contribution in [1.29, 1.82) is 0 Å². The van der Waals surface area contributed by atoms with Crippen LogP contribution in [0.15, 0.2) is 91.0 Å². The van der Waals surface area contributed by atoms with Gasteiger partial charge in [-0.15, -0.1) is 0 Å². The molecule has 0 aliphatic carbocycles. The number of nitrogens with one attached hydrogen (secondary N) is 1. The first kappa shape index (κ1) is 22.3. The van der Waals surface area contributed by atoms with Crippen molar-refractivity contribution in [3.05, 3.63) is 91.0 Å². The molecule has 0 spiro atoms. The van der Waals surface area contributed by atoms with E-state index in [0.717, 1.165) is 19.3 Å². The molecule has 0 heterocycles. The Morgan fingerprint density at radius 3 is 1.29 bits per heavy atom. The van der Waals surface area contributed by atoms with Gasteiger partial charge in [0.25, 0.3) is 0 Å². The van der Waals surface area contributed by atoms with Crippen LogP contribution < -0.4 is 38.2 Å². The maximum absolute atomic E-state index is 11.8. The van der Waals surface area contributed by atoms with E-state index >= 15 is 0 Å². The largest absolute Gasteiger partial charge is 1.00 e. The Morgan fingerprint density at radius 1 is 0.714 bits per heavy atom.